The highest BCUT2D eigenvalue weighted by atomic mass is 32.2. The number of halogens is 2. The first-order chi connectivity index (χ1) is 12.4. The Morgan fingerprint density at radius 1 is 1.00 bits per heavy atom. The molecule has 0 aliphatic carbocycles. The van der Waals surface area contributed by atoms with E-state index >= 15 is 0 Å². The van der Waals surface area contributed by atoms with Crippen LogP contribution in [0.2, 0.25) is 0 Å². The van der Waals surface area contributed by atoms with Crippen LogP contribution >= 0.6 is 0 Å². The van der Waals surface area contributed by atoms with E-state index in [2.05, 4.69) is 9.71 Å². The number of hydrogen-bond acceptors (Lipinski definition) is 3. The number of aryl methyl sites for hydroxylation is 1. The molecule has 0 saturated heterocycles. The monoisotopic (exact) mass is 374 g/mol. The zero-order valence-electron chi connectivity index (χ0n) is 13.9. The Kier molecular flexibility index (Phi) is 5.11. The first-order valence-electron chi connectivity index (χ1n) is 7.82. The van der Waals surface area contributed by atoms with Crippen LogP contribution in [0.1, 0.15) is 11.1 Å². The summed E-state index contributed by atoms with van der Waals surface area (Å²) in [6.45, 7) is 1.93. The lowest BCUT2D eigenvalue weighted by atomic mass is 10.0. The molecule has 1 N–H and O–H groups in total. The largest absolute Gasteiger partial charge is 0.256 e. The lowest BCUT2D eigenvalue weighted by Crippen LogP contribution is -2.24. The summed E-state index contributed by atoms with van der Waals surface area (Å²) in [5.41, 5.74) is 3.25. The molecule has 0 radical (unpaired) electrons. The summed E-state index contributed by atoms with van der Waals surface area (Å²) in [5, 5.41) is 0. The zero-order chi connectivity index (χ0) is 18.7. The van der Waals surface area contributed by atoms with Gasteiger partial charge < -0.3 is 0 Å². The Morgan fingerprint density at radius 3 is 2.54 bits per heavy atom. The highest BCUT2D eigenvalue weighted by molar-refractivity contribution is 7.89. The maximum atomic E-state index is 13.3. The molecule has 0 spiro atoms. The van der Waals surface area contributed by atoms with Crippen LogP contribution in [-0.2, 0) is 16.6 Å². The number of nitrogens with one attached hydrogen (secondary N) is 1. The quantitative estimate of drug-likeness (QED) is 0.739. The van der Waals surface area contributed by atoms with Crippen LogP contribution in [0.5, 0.6) is 0 Å². The van der Waals surface area contributed by atoms with E-state index in [1.165, 1.54) is 0 Å². The molecule has 0 unspecified atom stereocenters. The number of nitrogens with zero attached hydrogens (tertiary/aromatic N) is 1. The highest BCUT2D eigenvalue weighted by Crippen LogP contribution is 2.22. The van der Waals surface area contributed by atoms with Crippen LogP contribution in [0, 0.1) is 18.6 Å². The van der Waals surface area contributed by atoms with Gasteiger partial charge in [0.15, 0.2) is 11.6 Å². The molecular formula is C19H16F2N2O2S. The summed E-state index contributed by atoms with van der Waals surface area (Å²) in [6.07, 6.45) is 1.63. The molecule has 0 bridgehead atoms. The van der Waals surface area contributed by atoms with Gasteiger partial charge in [-0.1, -0.05) is 29.8 Å². The standard InChI is InChI=1S/C19H16F2N2O2S/c1-13-4-2-5-14(10-13)19-15(6-3-9-22-19)12-23-26(24,25)16-7-8-17(20)18(21)11-16/h2-11,23H,12H2,1H3. The van der Waals surface area contributed by atoms with Gasteiger partial charge in [0.1, 0.15) is 0 Å². The first kappa shape index (κ1) is 18.2. The molecule has 2 aromatic carbocycles. The fourth-order valence-electron chi connectivity index (χ4n) is 2.53. The molecule has 1 aromatic heterocycles. The normalized spacial score (nSPS) is 11.5. The van der Waals surface area contributed by atoms with Gasteiger partial charge in [-0.3, -0.25) is 4.98 Å². The second-order valence-corrected chi connectivity index (χ2v) is 7.55. The van der Waals surface area contributed by atoms with Crippen LogP contribution in [0.15, 0.2) is 65.7 Å². The van der Waals surface area contributed by atoms with Gasteiger partial charge in [0.2, 0.25) is 10.0 Å². The minimum atomic E-state index is -3.99. The van der Waals surface area contributed by atoms with E-state index in [4.69, 9.17) is 0 Å². The van der Waals surface area contributed by atoms with E-state index in [1.807, 2.05) is 31.2 Å². The molecule has 134 valence electrons. The predicted octanol–water partition coefficient (Wildman–Crippen LogP) is 3.81. The Hall–Kier alpha value is -2.64. The number of sulfonamides is 1. The summed E-state index contributed by atoms with van der Waals surface area (Å²) in [6, 6.07) is 13.6. The fourth-order valence-corrected chi connectivity index (χ4v) is 3.55. The van der Waals surface area contributed by atoms with Gasteiger partial charge >= 0.3 is 0 Å². The molecule has 26 heavy (non-hydrogen) atoms. The van der Waals surface area contributed by atoms with E-state index in [0.29, 0.717) is 17.3 Å². The van der Waals surface area contributed by atoms with Crippen molar-refractivity contribution in [3.63, 3.8) is 0 Å². The van der Waals surface area contributed by atoms with Gasteiger partial charge in [-0.15, -0.1) is 0 Å². The van der Waals surface area contributed by atoms with E-state index in [0.717, 1.165) is 23.3 Å². The molecule has 0 saturated carbocycles. The first-order valence-corrected chi connectivity index (χ1v) is 9.31. The molecule has 0 atom stereocenters. The number of hydrogen-bond donors (Lipinski definition) is 1. The Morgan fingerprint density at radius 2 is 1.81 bits per heavy atom. The summed E-state index contributed by atoms with van der Waals surface area (Å²) < 4.78 is 53.4. The van der Waals surface area contributed by atoms with Gasteiger partial charge in [0, 0.05) is 18.3 Å². The topological polar surface area (TPSA) is 59.1 Å². The van der Waals surface area contributed by atoms with Crippen molar-refractivity contribution < 1.29 is 17.2 Å². The average Bonchev–Trinajstić information content (AvgIpc) is 2.62. The Labute approximate surface area is 150 Å². The molecule has 3 aromatic rings. The van der Waals surface area contributed by atoms with Crippen molar-refractivity contribution in [2.75, 3.05) is 0 Å². The number of pyridine rings is 1. The van der Waals surface area contributed by atoms with Gasteiger partial charge in [0.25, 0.3) is 0 Å². The Balaban J connectivity index is 1.87. The summed E-state index contributed by atoms with van der Waals surface area (Å²) >= 11 is 0. The van der Waals surface area contributed by atoms with Crippen molar-refractivity contribution in [2.24, 2.45) is 0 Å². The van der Waals surface area contributed by atoms with Crippen molar-refractivity contribution in [3.8, 4) is 11.3 Å². The van der Waals surface area contributed by atoms with Crippen molar-refractivity contribution in [1.29, 1.82) is 0 Å². The van der Waals surface area contributed by atoms with Crippen molar-refractivity contribution in [3.05, 3.63) is 83.6 Å². The lowest BCUT2D eigenvalue weighted by Gasteiger charge is -2.11. The molecule has 4 nitrogen and oxygen atoms in total. The predicted molar refractivity (Wildman–Crippen MR) is 94.8 cm³/mol. The number of aromatic nitrogens is 1. The van der Waals surface area contributed by atoms with E-state index in [-0.39, 0.29) is 11.4 Å². The minimum absolute atomic E-state index is 0.0293. The van der Waals surface area contributed by atoms with E-state index in [1.54, 1.807) is 18.3 Å². The second-order valence-electron chi connectivity index (χ2n) is 5.78. The van der Waals surface area contributed by atoms with Crippen molar-refractivity contribution >= 4 is 10.0 Å². The highest BCUT2D eigenvalue weighted by Gasteiger charge is 2.17. The fraction of sp³-hybridized carbons (Fsp3) is 0.105. The van der Waals surface area contributed by atoms with Crippen LogP contribution in [0.4, 0.5) is 8.78 Å². The van der Waals surface area contributed by atoms with Crippen LogP contribution in [0.3, 0.4) is 0 Å². The second kappa shape index (κ2) is 7.31. The average molecular weight is 374 g/mol. The molecular weight excluding hydrogens is 358 g/mol. The van der Waals surface area contributed by atoms with Crippen molar-refractivity contribution in [1.82, 2.24) is 9.71 Å². The third-order valence-electron chi connectivity index (χ3n) is 3.84. The van der Waals surface area contributed by atoms with Gasteiger partial charge in [-0.25, -0.2) is 21.9 Å². The molecule has 0 aliphatic rings. The van der Waals surface area contributed by atoms with Crippen LogP contribution < -0.4 is 4.72 Å². The third kappa shape index (κ3) is 3.95. The molecule has 1 heterocycles. The minimum Gasteiger partial charge on any atom is -0.256 e. The molecule has 7 heteroatoms. The van der Waals surface area contributed by atoms with Gasteiger partial charge in [-0.05, 0) is 42.8 Å². The Bertz CT molecular complexity index is 1050. The number of rotatable bonds is 5. The molecule has 0 amide bonds. The SMILES string of the molecule is Cc1cccc(-c2ncccc2CNS(=O)(=O)c2ccc(F)c(F)c2)c1. The van der Waals surface area contributed by atoms with Crippen LogP contribution in [-0.4, -0.2) is 13.4 Å². The zero-order valence-corrected chi connectivity index (χ0v) is 14.7. The number of benzene rings is 2. The maximum Gasteiger partial charge on any atom is 0.240 e. The summed E-state index contributed by atoms with van der Waals surface area (Å²) in [5.74, 6) is -2.31. The molecule has 0 aliphatic heterocycles. The maximum absolute atomic E-state index is 13.3. The van der Waals surface area contributed by atoms with E-state index in [9.17, 15) is 17.2 Å². The van der Waals surface area contributed by atoms with E-state index < -0.39 is 21.7 Å². The van der Waals surface area contributed by atoms with Crippen molar-refractivity contribution in [2.45, 2.75) is 18.4 Å². The molecule has 0 fully saturated rings. The van der Waals surface area contributed by atoms with Gasteiger partial charge in [0.05, 0.1) is 10.6 Å². The van der Waals surface area contributed by atoms with Crippen LogP contribution in [0.25, 0.3) is 11.3 Å². The lowest BCUT2D eigenvalue weighted by molar-refractivity contribution is 0.504. The third-order valence-corrected chi connectivity index (χ3v) is 5.24. The summed E-state index contributed by atoms with van der Waals surface area (Å²) in [4.78, 5) is 4.01. The van der Waals surface area contributed by atoms with Gasteiger partial charge in [-0.2, -0.15) is 0 Å². The molecule has 3 rings (SSSR count). The summed E-state index contributed by atoms with van der Waals surface area (Å²) in [7, 11) is -3.99. The smallest absolute Gasteiger partial charge is 0.240 e.